The van der Waals surface area contributed by atoms with Crippen LogP contribution in [0.25, 0.3) is 0 Å². The predicted octanol–water partition coefficient (Wildman–Crippen LogP) is 1.50. The summed E-state index contributed by atoms with van der Waals surface area (Å²) >= 11 is 0. The van der Waals surface area contributed by atoms with Crippen LogP contribution in [-0.2, 0) is 28.2 Å². The molecule has 3 rings (SSSR count). The first-order valence-electron chi connectivity index (χ1n) is 11.9. The van der Waals surface area contributed by atoms with Crippen LogP contribution in [0.4, 0.5) is 11.4 Å². The van der Waals surface area contributed by atoms with Crippen molar-refractivity contribution in [3.63, 3.8) is 0 Å². The van der Waals surface area contributed by atoms with Gasteiger partial charge in [-0.05, 0) is 26.0 Å². The van der Waals surface area contributed by atoms with Crippen LogP contribution < -0.4 is 10.6 Å². The van der Waals surface area contributed by atoms with Crippen molar-refractivity contribution in [2.75, 3.05) is 36.9 Å². The van der Waals surface area contributed by atoms with Gasteiger partial charge in [0.05, 0.1) is 11.1 Å². The highest BCUT2D eigenvalue weighted by Crippen LogP contribution is 2.42. The third-order valence-corrected chi connectivity index (χ3v) is 8.53. The molecule has 2 aromatic rings. The molecule has 16 heteroatoms. The summed E-state index contributed by atoms with van der Waals surface area (Å²) in [7, 11) is -9.33. The molecule has 0 saturated heterocycles. The van der Waals surface area contributed by atoms with E-state index in [2.05, 4.69) is 10.6 Å². The molecule has 1 aliphatic carbocycles. The Morgan fingerprint density at radius 2 is 1.07 bits per heavy atom. The van der Waals surface area contributed by atoms with Crippen molar-refractivity contribution < 1.29 is 57.4 Å². The van der Waals surface area contributed by atoms with Gasteiger partial charge in [0, 0.05) is 35.6 Å². The number of carbonyl (C=O) groups is 4. The number of hydrogen-bond acceptors (Lipinski definition) is 10. The molecule has 2 atom stereocenters. The average Bonchev–Trinajstić information content (AvgIpc) is 2.89. The minimum Gasteiger partial charge on any atom is -0.463 e. The molecule has 0 fully saturated rings. The van der Waals surface area contributed by atoms with Crippen LogP contribution >= 0.6 is 15.2 Å². The number of anilines is 2. The second-order valence-corrected chi connectivity index (χ2v) is 12.7. The molecule has 2 unspecified atom stereocenters. The molecule has 0 amide bonds. The van der Waals surface area contributed by atoms with Crippen LogP contribution in [0.1, 0.15) is 45.7 Å². The van der Waals surface area contributed by atoms with E-state index < -0.39 is 50.0 Å². The zero-order chi connectivity index (χ0) is 29.8. The predicted molar refractivity (Wildman–Crippen MR) is 142 cm³/mol. The second kappa shape index (κ2) is 12.4. The van der Waals surface area contributed by atoms with Gasteiger partial charge in [-0.2, -0.15) is 0 Å². The molecule has 1 aliphatic rings. The molecule has 0 aliphatic heterocycles. The topological polar surface area (TPSA) is 226 Å². The molecular weight excluding hydrogens is 570 g/mol. The molecule has 6 N–H and O–H groups in total. The van der Waals surface area contributed by atoms with Gasteiger partial charge in [0.2, 0.25) is 0 Å². The highest BCUT2D eigenvalue weighted by atomic mass is 31.2. The Bertz CT molecular complexity index is 1320. The third-order valence-electron chi connectivity index (χ3n) is 6.09. The van der Waals surface area contributed by atoms with Gasteiger partial charge in [-0.1, -0.05) is 24.3 Å². The van der Waals surface area contributed by atoms with Crippen molar-refractivity contribution >= 4 is 50.1 Å². The lowest BCUT2D eigenvalue weighted by atomic mass is 9.82. The van der Waals surface area contributed by atoms with Crippen molar-refractivity contribution in [1.82, 2.24) is 0 Å². The first-order chi connectivity index (χ1) is 18.6. The number of hydrogen-bond donors (Lipinski definition) is 6. The fraction of sp³-hybridized carbons (Fsp3) is 0.333. The van der Waals surface area contributed by atoms with E-state index in [-0.39, 0.29) is 59.9 Å². The fourth-order valence-corrected chi connectivity index (χ4v) is 4.41. The smallest absolute Gasteiger partial charge is 0.339 e. The number of nitrogens with one attached hydrogen (secondary N) is 2. The Kier molecular flexibility index (Phi) is 9.68. The summed E-state index contributed by atoms with van der Waals surface area (Å²) in [5.41, 5.74) is -2.35. The lowest BCUT2D eigenvalue weighted by Crippen LogP contribution is -2.27. The molecule has 14 nitrogen and oxygen atoms in total. The Balaban J connectivity index is 1.78. The molecule has 40 heavy (non-hydrogen) atoms. The van der Waals surface area contributed by atoms with E-state index in [4.69, 9.17) is 29.0 Å². The van der Waals surface area contributed by atoms with Gasteiger partial charge in [0.25, 0.3) is 0 Å². The summed E-state index contributed by atoms with van der Waals surface area (Å²) in [5, 5.41) is 5.82. The largest absolute Gasteiger partial charge is 0.463 e. The van der Waals surface area contributed by atoms with Crippen LogP contribution in [0, 0.1) is 0 Å². The maximum absolute atomic E-state index is 13.4. The highest BCUT2D eigenvalue weighted by molar-refractivity contribution is 7.54. The first kappa shape index (κ1) is 31.2. The van der Waals surface area contributed by atoms with Crippen molar-refractivity contribution in [3.8, 4) is 0 Å². The van der Waals surface area contributed by atoms with E-state index in [1.807, 2.05) is 0 Å². The van der Waals surface area contributed by atoms with E-state index in [9.17, 15) is 28.3 Å². The van der Waals surface area contributed by atoms with E-state index >= 15 is 0 Å². The summed E-state index contributed by atoms with van der Waals surface area (Å²) < 4.78 is 32.3. The van der Waals surface area contributed by atoms with Crippen molar-refractivity contribution in [1.29, 1.82) is 0 Å². The summed E-state index contributed by atoms with van der Waals surface area (Å²) in [6.07, 6.45) is 0. The van der Waals surface area contributed by atoms with Crippen LogP contribution in [0.3, 0.4) is 0 Å². The van der Waals surface area contributed by atoms with Crippen LogP contribution in [-0.4, -0.2) is 80.7 Å². The quantitative estimate of drug-likeness (QED) is 0.0987. The standard InChI is InChI=1S/C24H28N2O12P2/c1-13(39(31,32)33)23(29)37-11-9-25-17-7-8-18(26-10-12-38-24(30)14(2)40(34,35)36)20-19(17)21(27)15-5-3-4-6-16(15)22(20)28/h3-8,13-14,25-26H,9-12H2,1-2H3,(H2,31,32,33)(H2,34,35,36). The summed E-state index contributed by atoms with van der Waals surface area (Å²) in [4.78, 5) is 87.0. The van der Waals surface area contributed by atoms with E-state index in [0.717, 1.165) is 13.8 Å². The van der Waals surface area contributed by atoms with Gasteiger partial charge in [0.1, 0.15) is 13.2 Å². The lowest BCUT2D eigenvalue weighted by molar-refractivity contribution is -0.143. The number of carbonyl (C=O) groups excluding carboxylic acids is 4. The molecule has 2 aromatic carbocycles. The summed E-state index contributed by atoms with van der Waals surface area (Å²) in [5.74, 6) is -3.09. The fourth-order valence-electron chi connectivity index (χ4n) is 3.71. The van der Waals surface area contributed by atoms with E-state index in [1.165, 1.54) is 24.3 Å². The van der Waals surface area contributed by atoms with Crippen LogP contribution in [0.5, 0.6) is 0 Å². The maximum atomic E-state index is 13.4. The number of ether oxygens (including phenoxy) is 2. The van der Waals surface area contributed by atoms with Crippen molar-refractivity contribution in [2.45, 2.75) is 25.2 Å². The molecule has 0 saturated carbocycles. The minimum atomic E-state index is -4.66. The van der Waals surface area contributed by atoms with Gasteiger partial charge >= 0.3 is 27.1 Å². The average molecular weight is 598 g/mol. The third kappa shape index (κ3) is 7.03. The Labute approximate surface area is 228 Å². The van der Waals surface area contributed by atoms with Crippen molar-refractivity contribution in [2.24, 2.45) is 0 Å². The molecule has 216 valence electrons. The van der Waals surface area contributed by atoms with Crippen LogP contribution in [0.15, 0.2) is 36.4 Å². The lowest BCUT2D eigenvalue weighted by Gasteiger charge is -2.24. The first-order valence-corrected chi connectivity index (χ1v) is 15.3. The molecule has 0 heterocycles. The SMILES string of the molecule is CC(C(=O)OCCNc1ccc(NCCOC(=O)C(C)P(=O)(O)O)c2c1C(=O)c1ccccc1C2=O)P(=O)(O)O. The Hall–Kier alpha value is -3.38. The molecule has 0 aromatic heterocycles. The van der Waals surface area contributed by atoms with Gasteiger partial charge in [-0.15, -0.1) is 0 Å². The Morgan fingerprint density at radius 1 is 0.725 bits per heavy atom. The minimum absolute atomic E-state index is 0.0377. The van der Waals surface area contributed by atoms with Crippen molar-refractivity contribution in [3.05, 3.63) is 58.7 Å². The summed E-state index contributed by atoms with van der Waals surface area (Å²) in [6.45, 7) is 1.43. The zero-order valence-electron chi connectivity index (χ0n) is 21.4. The highest BCUT2D eigenvalue weighted by Gasteiger charge is 2.35. The monoisotopic (exact) mass is 598 g/mol. The molecule has 0 bridgehead atoms. The van der Waals surface area contributed by atoms with E-state index in [0.29, 0.717) is 0 Å². The van der Waals surface area contributed by atoms with E-state index in [1.54, 1.807) is 12.1 Å². The number of esters is 2. The number of benzene rings is 2. The van der Waals surface area contributed by atoms with Gasteiger partial charge < -0.3 is 39.7 Å². The normalized spacial score (nSPS) is 14.4. The van der Waals surface area contributed by atoms with Crippen LogP contribution in [0.2, 0.25) is 0 Å². The van der Waals surface area contributed by atoms with Gasteiger partial charge in [-0.25, -0.2) is 0 Å². The molecular formula is C24H28N2O12P2. The second-order valence-electron chi connectivity index (χ2n) is 8.83. The molecule has 0 spiro atoms. The zero-order valence-corrected chi connectivity index (χ0v) is 23.2. The number of rotatable bonds is 12. The summed E-state index contributed by atoms with van der Waals surface area (Å²) in [6, 6.07) is 9.24. The maximum Gasteiger partial charge on any atom is 0.339 e. The number of ketones is 2. The molecule has 0 radical (unpaired) electrons. The van der Waals surface area contributed by atoms with Gasteiger partial charge in [-0.3, -0.25) is 28.3 Å². The van der Waals surface area contributed by atoms with Gasteiger partial charge in [0.15, 0.2) is 22.9 Å². The Morgan fingerprint density at radius 3 is 1.40 bits per heavy atom. The number of fused-ring (bicyclic) bond motifs is 2.